The van der Waals surface area contributed by atoms with E-state index in [1.54, 1.807) is 11.8 Å². The minimum atomic E-state index is -0.599. The number of thioether (sulfide) groups is 1. The Bertz CT molecular complexity index is 762. The Hall–Kier alpha value is -1.55. The molecule has 0 aliphatic heterocycles. The zero-order chi connectivity index (χ0) is 14.7. The Morgan fingerprint density at radius 1 is 1.05 bits per heavy atom. The molecule has 2 aromatic carbocycles. The third kappa shape index (κ3) is 3.56. The van der Waals surface area contributed by atoms with Crippen LogP contribution >= 0.6 is 23.4 Å². The number of hydrogen-bond acceptors (Lipinski definition) is 3. The minimum Gasteiger partial charge on any atom is -0.386 e. The molecule has 3 rings (SSSR count). The molecule has 0 aliphatic rings. The summed E-state index contributed by atoms with van der Waals surface area (Å²) in [6, 6.07) is 19.4. The van der Waals surface area contributed by atoms with Crippen molar-refractivity contribution in [2.24, 2.45) is 0 Å². The largest absolute Gasteiger partial charge is 0.386 e. The Balaban J connectivity index is 1.73. The van der Waals surface area contributed by atoms with Gasteiger partial charge in [-0.2, -0.15) is 0 Å². The van der Waals surface area contributed by atoms with Gasteiger partial charge >= 0.3 is 0 Å². The van der Waals surface area contributed by atoms with E-state index in [0.717, 1.165) is 15.8 Å². The molecule has 1 heterocycles. The number of nitrogens with zero attached hydrogens (tertiary/aromatic N) is 1. The highest BCUT2D eigenvalue weighted by atomic mass is 35.5. The van der Waals surface area contributed by atoms with Crippen molar-refractivity contribution in [3.8, 4) is 0 Å². The summed E-state index contributed by atoms with van der Waals surface area (Å²) in [5.74, 6) is 0.547. The summed E-state index contributed by atoms with van der Waals surface area (Å²) in [5.41, 5.74) is 1.60. The summed E-state index contributed by atoms with van der Waals surface area (Å²) in [7, 11) is 0. The number of pyridine rings is 1. The summed E-state index contributed by atoms with van der Waals surface area (Å²) in [4.78, 5) is 5.56. The lowest BCUT2D eigenvalue weighted by Gasteiger charge is -2.11. The summed E-state index contributed by atoms with van der Waals surface area (Å²) in [5, 5.41) is 12.1. The van der Waals surface area contributed by atoms with Crippen molar-refractivity contribution in [2.45, 2.75) is 11.0 Å². The van der Waals surface area contributed by atoms with Gasteiger partial charge in [0.25, 0.3) is 0 Å². The lowest BCUT2D eigenvalue weighted by Crippen LogP contribution is -2.03. The molecule has 4 heteroatoms. The van der Waals surface area contributed by atoms with Crippen LogP contribution in [0.25, 0.3) is 10.9 Å². The fraction of sp³-hybridized carbons (Fsp3) is 0.118. The van der Waals surface area contributed by atoms with Crippen molar-refractivity contribution in [2.75, 3.05) is 5.75 Å². The first kappa shape index (κ1) is 14.4. The first-order valence-electron chi connectivity index (χ1n) is 6.64. The standard InChI is InChI=1S/C17H14ClNOS/c18-13-5-3-6-14(10-13)21-11-17(20)16-9-8-12-4-1-2-7-15(12)19-16/h1-10,17,20H,11H2. The molecule has 0 saturated carbocycles. The van der Waals surface area contributed by atoms with Gasteiger partial charge in [-0.05, 0) is 30.3 Å². The molecule has 21 heavy (non-hydrogen) atoms. The smallest absolute Gasteiger partial charge is 0.105 e. The van der Waals surface area contributed by atoms with Crippen molar-refractivity contribution in [3.63, 3.8) is 0 Å². The second-order valence-corrected chi connectivity index (χ2v) is 6.24. The SMILES string of the molecule is OC(CSc1cccc(Cl)c1)c1ccc2ccccc2n1. The summed E-state index contributed by atoms with van der Waals surface area (Å²) in [6.07, 6.45) is -0.599. The van der Waals surface area contributed by atoms with Crippen LogP contribution in [-0.4, -0.2) is 15.8 Å². The van der Waals surface area contributed by atoms with Crippen LogP contribution in [0.1, 0.15) is 11.8 Å². The van der Waals surface area contributed by atoms with Gasteiger partial charge in [0.2, 0.25) is 0 Å². The molecule has 0 radical (unpaired) electrons. The number of para-hydroxylation sites is 1. The quantitative estimate of drug-likeness (QED) is 0.708. The average molecular weight is 316 g/mol. The van der Waals surface area contributed by atoms with Crippen molar-refractivity contribution in [3.05, 3.63) is 71.4 Å². The molecule has 3 aromatic rings. The number of aromatic nitrogens is 1. The van der Waals surface area contributed by atoms with Crippen LogP contribution in [0.3, 0.4) is 0 Å². The van der Waals surface area contributed by atoms with E-state index in [9.17, 15) is 5.11 Å². The van der Waals surface area contributed by atoms with E-state index in [4.69, 9.17) is 11.6 Å². The second kappa shape index (κ2) is 6.48. The fourth-order valence-electron chi connectivity index (χ4n) is 2.08. The van der Waals surface area contributed by atoms with Crippen LogP contribution in [0.5, 0.6) is 0 Å². The number of benzene rings is 2. The van der Waals surface area contributed by atoms with Gasteiger partial charge in [0.1, 0.15) is 6.10 Å². The van der Waals surface area contributed by atoms with Crippen molar-refractivity contribution in [1.82, 2.24) is 4.98 Å². The predicted molar refractivity (Wildman–Crippen MR) is 88.9 cm³/mol. The van der Waals surface area contributed by atoms with Crippen molar-refractivity contribution >= 4 is 34.3 Å². The molecule has 0 amide bonds. The van der Waals surface area contributed by atoms with E-state index < -0.39 is 6.10 Å². The zero-order valence-electron chi connectivity index (χ0n) is 11.2. The van der Waals surface area contributed by atoms with Crippen LogP contribution in [0, 0.1) is 0 Å². The molecule has 1 unspecified atom stereocenters. The van der Waals surface area contributed by atoms with Crippen LogP contribution in [0.2, 0.25) is 5.02 Å². The number of halogens is 1. The minimum absolute atomic E-state index is 0.547. The Labute approximate surface area is 132 Å². The molecular weight excluding hydrogens is 302 g/mol. The van der Waals surface area contributed by atoms with Gasteiger partial charge in [0.05, 0.1) is 11.2 Å². The molecule has 1 N–H and O–H groups in total. The molecule has 2 nitrogen and oxygen atoms in total. The molecule has 0 fully saturated rings. The maximum absolute atomic E-state index is 10.3. The van der Waals surface area contributed by atoms with Gasteiger partial charge in [-0.25, -0.2) is 0 Å². The van der Waals surface area contributed by atoms with Gasteiger partial charge in [0, 0.05) is 21.1 Å². The number of fused-ring (bicyclic) bond motifs is 1. The molecule has 106 valence electrons. The summed E-state index contributed by atoms with van der Waals surface area (Å²) in [6.45, 7) is 0. The normalized spacial score (nSPS) is 12.5. The summed E-state index contributed by atoms with van der Waals surface area (Å²) >= 11 is 7.52. The van der Waals surface area contributed by atoms with Crippen molar-refractivity contribution < 1.29 is 5.11 Å². The molecule has 0 spiro atoms. The highest BCUT2D eigenvalue weighted by Gasteiger charge is 2.10. The lowest BCUT2D eigenvalue weighted by atomic mass is 10.2. The van der Waals surface area contributed by atoms with Gasteiger partial charge in [0.15, 0.2) is 0 Å². The van der Waals surface area contributed by atoms with Gasteiger partial charge in [-0.1, -0.05) is 41.9 Å². The first-order valence-corrected chi connectivity index (χ1v) is 8.01. The van der Waals surface area contributed by atoms with Crippen molar-refractivity contribution in [1.29, 1.82) is 0 Å². The Morgan fingerprint density at radius 3 is 2.76 bits per heavy atom. The predicted octanol–water partition coefficient (Wildman–Crippen LogP) is 4.71. The maximum Gasteiger partial charge on any atom is 0.105 e. The molecular formula is C17H14ClNOS. The molecule has 1 aromatic heterocycles. The topological polar surface area (TPSA) is 33.1 Å². The third-order valence-electron chi connectivity index (χ3n) is 3.17. The molecule has 0 aliphatic carbocycles. The molecule has 0 saturated heterocycles. The average Bonchev–Trinajstić information content (AvgIpc) is 2.52. The van der Waals surface area contributed by atoms with Crippen LogP contribution in [0.15, 0.2) is 65.6 Å². The fourth-order valence-corrected chi connectivity index (χ4v) is 3.25. The third-order valence-corrected chi connectivity index (χ3v) is 4.47. The van der Waals surface area contributed by atoms with Crippen LogP contribution in [0.4, 0.5) is 0 Å². The van der Waals surface area contributed by atoms with E-state index in [1.165, 1.54) is 0 Å². The highest BCUT2D eigenvalue weighted by Crippen LogP contribution is 2.26. The Morgan fingerprint density at radius 2 is 1.90 bits per heavy atom. The van der Waals surface area contributed by atoms with Crippen LogP contribution < -0.4 is 0 Å². The number of hydrogen-bond donors (Lipinski definition) is 1. The van der Waals surface area contributed by atoms with E-state index in [-0.39, 0.29) is 0 Å². The molecule has 0 bridgehead atoms. The van der Waals surface area contributed by atoms with E-state index in [2.05, 4.69) is 4.98 Å². The van der Waals surface area contributed by atoms with Crippen LogP contribution in [-0.2, 0) is 0 Å². The second-order valence-electron chi connectivity index (χ2n) is 4.71. The van der Waals surface area contributed by atoms with Gasteiger partial charge in [-0.3, -0.25) is 4.98 Å². The number of aliphatic hydroxyl groups excluding tert-OH is 1. The van der Waals surface area contributed by atoms with Gasteiger partial charge < -0.3 is 5.11 Å². The van der Waals surface area contributed by atoms with E-state index in [1.807, 2.05) is 60.7 Å². The molecule has 1 atom stereocenters. The highest BCUT2D eigenvalue weighted by molar-refractivity contribution is 7.99. The summed E-state index contributed by atoms with van der Waals surface area (Å²) < 4.78 is 0. The first-order chi connectivity index (χ1) is 10.2. The monoisotopic (exact) mass is 315 g/mol. The van der Waals surface area contributed by atoms with E-state index in [0.29, 0.717) is 16.5 Å². The Kier molecular flexibility index (Phi) is 4.44. The lowest BCUT2D eigenvalue weighted by molar-refractivity contribution is 0.199. The number of rotatable bonds is 4. The number of aliphatic hydroxyl groups is 1. The maximum atomic E-state index is 10.3. The zero-order valence-corrected chi connectivity index (χ0v) is 12.8. The van der Waals surface area contributed by atoms with E-state index >= 15 is 0 Å². The van der Waals surface area contributed by atoms with Gasteiger partial charge in [-0.15, -0.1) is 11.8 Å².